The second-order valence-corrected chi connectivity index (χ2v) is 3.41. The van der Waals surface area contributed by atoms with Crippen LogP contribution < -0.4 is 0 Å². The molecule has 0 aromatic heterocycles. The molecule has 0 bridgehead atoms. The number of hydrogen-bond acceptors (Lipinski definition) is 0. The van der Waals surface area contributed by atoms with Gasteiger partial charge in [-0.15, -0.1) is 0 Å². The molecule has 0 nitrogen and oxygen atoms in total. The van der Waals surface area contributed by atoms with Crippen LogP contribution in [0, 0.1) is 6.08 Å². The van der Waals surface area contributed by atoms with Gasteiger partial charge < -0.3 is 0 Å². The minimum atomic E-state index is 1.08. The van der Waals surface area contributed by atoms with Crippen molar-refractivity contribution < 1.29 is 0 Å². The summed E-state index contributed by atoms with van der Waals surface area (Å²) >= 11 is 0. The van der Waals surface area contributed by atoms with E-state index in [2.05, 4.69) is 36.5 Å². The molecule has 0 heteroatoms. The molecule has 0 N–H and O–H groups in total. The lowest BCUT2D eigenvalue weighted by molar-refractivity contribution is 0.758. The van der Waals surface area contributed by atoms with Gasteiger partial charge in [-0.1, -0.05) is 30.4 Å². The van der Waals surface area contributed by atoms with Crippen LogP contribution in [-0.2, 0) is 0 Å². The van der Waals surface area contributed by atoms with Crippen molar-refractivity contribution in [2.75, 3.05) is 0 Å². The van der Waals surface area contributed by atoms with Gasteiger partial charge in [0.25, 0.3) is 0 Å². The summed E-state index contributed by atoms with van der Waals surface area (Å²) in [6.45, 7) is 0. The number of allylic oxidation sites excluding steroid dienone is 6. The first kappa shape index (κ1) is 10.3. The minimum Gasteiger partial charge on any atom is -0.0882 e. The number of hydrogen-bond donors (Lipinski definition) is 0. The molecular weight excluding hydrogens is 156 g/mol. The Kier molecular flexibility index (Phi) is 6.22. The lowest BCUT2D eigenvalue weighted by Crippen LogP contribution is -1.72. The molecule has 0 atom stereocenters. The molecule has 0 heterocycles. The zero-order chi connectivity index (χ0) is 9.19. The van der Waals surface area contributed by atoms with Gasteiger partial charge in [-0.25, -0.2) is 0 Å². The SMILES string of the molecule is [C]1=C/CCCC/C=C/C/C=C\CC/1. The molecule has 71 valence electrons. The summed E-state index contributed by atoms with van der Waals surface area (Å²) in [7, 11) is 0. The quantitative estimate of drug-likeness (QED) is 0.484. The standard InChI is InChI=1S/C13H19/c1-2-4-6-8-10-12-13-11-9-7-5-3-1/h1-2,5,7,12H,3-4,6,8-11H2/b2-1+,7-5-,13-12?. The van der Waals surface area contributed by atoms with Gasteiger partial charge in [-0.05, 0) is 51.0 Å². The van der Waals surface area contributed by atoms with E-state index >= 15 is 0 Å². The van der Waals surface area contributed by atoms with Crippen molar-refractivity contribution in [2.45, 2.75) is 44.9 Å². The van der Waals surface area contributed by atoms with E-state index in [1.807, 2.05) is 0 Å². The molecule has 0 saturated carbocycles. The Morgan fingerprint density at radius 2 is 1.54 bits per heavy atom. The monoisotopic (exact) mass is 175 g/mol. The molecular formula is C13H19. The average molecular weight is 175 g/mol. The highest BCUT2D eigenvalue weighted by molar-refractivity contribution is 4.93. The molecule has 0 spiro atoms. The molecule has 0 aliphatic heterocycles. The van der Waals surface area contributed by atoms with Crippen LogP contribution in [0.1, 0.15) is 44.9 Å². The van der Waals surface area contributed by atoms with Crippen LogP contribution in [0.5, 0.6) is 0 Å². The van der Waals surface area contributed by atoms with Gasteiger partial charge in [0.2, 0.25) is 0 Å². The Morgan fingerprint density at radius 1 is 0.769 bits per heavy atom. The second kappa shape index (κ2) is 7.85. The summed E-state index contributed by atoms with van der Waals surface area (Å²) in [5.41, 5.74) is 0. The largest absolute Gasteiger partial charge is 0.0882 e. The zero-order valence-electron chi connectivity index (χ0n) is 8.34. The predicted molar refractivity (Wildman–Crippen MR) is 58.4 cm³/mol. The predicted octanol–water partition coefficient (Wildman–Crippen LogP) is 4.20. The van der Waals surface area contributed by atoms with Crippen molar-refractivity contribution in [1.82, 2.24) is 0 Å². The lowest BCUT2D eigenvalue weighted by atomic mass is 10.1. The van der Waals surface area contributed by atoms with Gasteiger partial charge in [0.15, 0.2) is 0 Å². The van der Waals surface area contributed by atoms with Crippen LogP contribution in [0.2, 0.25) is 0 Å². The van der Waals surface area contributed by atoms with Crippen LogP contribution in [0.25, 0.3) is 0 Å². The van der Waals surface area contributed by atoms with E-state index < -0.39 is 0 Å². The third-order valence-electron chi connectivity index (χ3n) is 2.17. The Hall–Kier alpha value is -0.780. The van der Waals surface area contributed by atoms with E-state index in [-0.39, 0.29) is 0 Å². The van der Waals surface area contributed by atoms with Crippen molar-refractivity contribution in [3.05, 3.63) is 36.5 Å². The van der Waals surface area contributed by atoms with Gasteiger partial charge >= 0.3 is 0 Å². The average Bonchev–Trinajstić information content (AvgIpc) is 2.18. The fourth-order valence-corrected chi connectivity index (χ4v) is 1.39. The summed E-state index contributed by atoms with van der Waals surface area (Å²) in [5.74, 6) is 0. The Morgan fingerprint density at radius 3 is 2.46 bits per heavy atom. The normalized spacial score (nSPS) is 27.7. The molecule has 1 radical (unpaired) electrons. The summed E-state index contributed by atoms with van der Waals surface area (Å²) in [4.78, 5) is 0. The third kappa shape index (κ3) is 6.39. The maximum atomic E-state index is 3.33. The van der Waals surface area contributed by atoms with Crippen LogP contribution in [-0.4, -0.2) is 0 Å². The molecule has 0 saturated heterocycles. The Bertz CT molecular complexity index is 184. The molecule has 0 aromatic carbocycles. The highest BCUT2D eigenvalue weighted by Crippen LogP contribution is 2.04. The first-order chi connectivity index (χ1) is 6.50. The van der Waals surface area contributed by atoms with Crippen molar-refractivity contribution in [2.24, 2.45) is 0 Å². The van der Waals surface area contributed by atoms with E-state index in [4.69, 9.17) is 0 Å². The fraction of sp³-hybridized carbons (Fsp3) is 0.538. The minimum absolute atomic E-state index is 1.08. The summed E-state index contributed by atoms with van der Waals surface area (Å²) in [6, 6.07) is 0. The second-order valence-electron chi connectivity index (χ2n) is 3.41. The van der Waals surface area contributed by atoms with E-state index in [1.54, 1.807) is 0 Å². The Balaban J connectivity index is 2.28. The van der Waals surface area contributed by atoms with E-state index in [1.165, 1.54) is 25.7 Å². The first-order valence-electron chi connectivity index (χ1n) is 5.35. The topological polar surface area (TPSA) is 0 Å². The van der Waals surface area contributed by atoms with Crippen molar-refractivity contribution >= 4 is 0 Å². The highest BCUT2D eigenvalue weighted by atomic mass is 13.9. The fourth-order valence-electron chi connectivity index (χ4n) is 1.39. The van der Waals surface area contributed by atoms with Crippen LogP contribution in [0.15, 0.2) is 30.4 Å². The van der Waals surface area contributed by atoms with Gasteiger partial charge in [0.1, 0.15) is 0 Å². The van der Waals surface area contributed by atoms with E-state index in [0.29, 0.717) is 0 Å². The Labute approximate surface area is 82.0 Å². The van der Waals surface area contributed by atoms with Gasteiger partial charge in [-0.2, -0.15) is 0 Å². The van der Waals surface area contributed by atoms with E-state index in [9.17, 15) is 0 Å². The van der Waals surface area contributed by atoms with E-state index in [0.717, 1.165) is 19.3 Å². The third-order valence-corrected chi connectivity index (χ3v) is 2.17. The molecule has 1 rings (SSSR count). The molecule has 1 aliphatic rings. The number of rotatable bonds is 0. The van der Waals surface area contributed by atoms with Crippen LogP contribution in [0.3, 0.4) is 0 Å². The highest BCUT2D eigenvalue weighted by Gasteiger charge is 1.85. The summed E-state index contributed by atoms with van der Waals surface area (Å²) < 4.78 is 0. The summed E-state index contributed by atoms with van der Waals surface area (Å²) in [6.07, 6.45) is 23.0. The molecule has 0 unspecified atom stereocenters. The van der Waals surface area contributed by atoms with Gasteiger partial charge in [0, 0.05) is 0 Å². The van der Waals surface area contributed by atoms with Gasteiger partial charge in [0.05, 0.1) is 0 Å². The van der Waals surface area contributed by atoms with Crippen molar-refractivity contribution in [1.29, 1.82) is 0 Å². The lowest BCUT2D eigenvalue weighted by Gasteiger charge is -1.91. The molecule has 0 amide bonds. The zero-order valence-corrected chi connectivity index (χ0v) is 8.34. The maximum Gasteiger partial charge on any atom is -0.0169 e. The van der Waals surface area contributed by atoms with Gasteiger partial charge in [-0.3, -0.25) is 0 Å². The molecule has 1 aliphatic carbocycles. The molecule has 0 fully saturated rings. The molecule has 0 aromatic rings. The molecule has 13 heavy (non-hydrogen) atoms. The van der Waals surface area contributed by atoms with Crippen LogP contribution in [0.4, 0.5) is 0 Å². The first-order valence-corrected chi connectivity index (χ1v) is 5.35. The summed E-state index contributed by atoms with van der Waals surface area (Å²) in [5, 5.41) is 0. The van der Waals surface area contributed by atoms with Crippen LogP contribution >= 0.6 is 0 Å². The smallest absolute Gasteiger partial charge is 0.0169 e. The van der Waals surface area contributed by atoms with Crippen molar-refractivity contribution in [3.8, 4) is 0 Å². The van der Waals surface area contributed by atoms with Crippen molar-refractivity contribution in [3.63, 3.8) is 0 Å². The maximum absolute atomic E-state index is 3.33.